The zero-order chi connectivity index (χ0) is 14.4. The molecule has 0 saturated heterocycles. The first kappa shape index (κ1) is 15.0. The molecule has 0 aliphatic carbocycles. The number of carboxylic acid groups (broad SMARTS) is 1. The maximum Gasteiger partial charge on any atom is 0.326 e. The fraction of sp³-hybridized carbons (Fsp3) is 0.429. The van der Waals surface area contributed by atoms with Crippen molar-refractivity contribution in [2.75, 3.05) is 5.73 Å². The molecule has 19 heavy (non-hydrogen) atoms. The van der Waals surface area contributed by atoms with Gasteiger partial charge in [0.05, 0.1) is 6.42 Å². The van der Waals surface area contributed by atoms with Gasteiger partial charge in [0.1, 0.15) is 6.04 Å². The molecule has 0 unspecified atom stereocenters. The molecule has 1 atom stereocenters. The largest absolute Gasteiger partial charge is 0.480 e. The summed E-state index contributed by atoms with van der Waals surface area (Å²) in [6, 6.07) is 6.11. The smallest absolute Gasteiger partial charge is 0.326 e. The minimum atomic E-state index is -1.00. The number of carboxylic acids is 1. The fourth-order valence-electron chi connectivity index (χ4n) is 1.76. The molecule has 1 aromatic carbocycles. The molecule has 0 aliphatic rings. The Balaban J connectivity index is 2.57. The van der Waals surface area contributed by atoms with Crippen LogP contribution in [-0.4, -0.2) is 23.0 Å². The van der Waals surface area contributed by atoms with Crippen LogP contribution < -0.4 is 11.1 Å². The molecule has 0 aromatic heterocycles. The topological polar surface area (TPSA) is 92.4 Å². The Morgan fingerprint density at radius 1 is 1.26 bits per heavy atom. The SMILES string of the molecule is CC(C)C[C@@H](NC(=O)Cc1ccc(N)cc1)C(=O)O. The zero-order valence-corrected chi connectivity index (χ0v) is 11.2. The summed E-state index contributed by atoms with van der Waals surface area (Å²) >= 11 is 0. The minimum Gasteiger partial charge on any atom is -0.480 e. The van der Waals surface area contributed by atoms with E-state index in [-0.39, 0.29) is 18.2 Å². The van der Waals surface area contributed by atoms with E-state index < -0.39 is 12.0 Å². The van der Waals surface area contributed by atoms with Gasteiger partial charge in [-0.25, -0.2) is 4.79 Å². The van der Waals surface area contributed by atoms with Crippen LogP contribution in [0.3, 0.4) is 0 Å². The van der Waals surface area contributed by atoms with Gasteiger partial charge in [-0.05, 0) is 30.0 Å². The van der Waals surface area contributed by atoms with Crippen LogP contribution in [0.4, 0.5) is 5.69 Å². The van der Waals surface area contributed by atoms with E-state index in [4.69, 9.17) is 10.8 Å². The molecular formula is C14H20N2O3. The van der Waals surface area contributed by atoms with Crippen molar-refractivity contribution in [3.63, 3.8) is 0 Å². The van der Waals surface area contributed by atoms with Crippen LogP contribution in [0.2, 0.25) is 0 Å². The first-order valence-corrected chi connectivity index (χ1v) is 6.25. The lowest BCUT2D eigenvalue weighted by atomic mass is 10.0. The predicted octanol–water partition coefficient (Wildman–Crippen LogP) is 1.43. The quantitative estimate of drug-likeness (QED) is 0.678. The molecule has 0 saturated carbocycles. The molecule has 1 aromatic rings. The summed E-state index contributed by atoms with van der Waals surface area (Å²) in [6.45, 7) is 3.84. The standard InChI is InChI=1S/C14H20N2O3/c1-9(2)7-12(14(18)19)16-13(17)8-10-3-5-11(15)6-4-10/h3-6,9,12H,7-8,15H2,1-2H3,(H,16,17)(H,18,19)/t12-/m1/s1. The van der Waals surface area contributed by atoms with Crippen molar-refractivity contribution >= 4 is 17.6 Å². The summed E-state index contributed by atoms with van der Waals surface area (Å²) in [5, 5.41) is 11.6. The third-order valence-corrected chi connectivity index (χ3v) is 2.68. The van der Waals surface area contributed by atoms with E-state index in [9.17, 15) is 9.59 Å². The molecule has 0 aliphatic heterocycles. The summed E-state index contributed by atoms with van der Waals surface area (Å²) in [5.41, 5.74) is 6.99. The van der Waals surface area contributed by atoms with Gasteiger partial charge in [-0.15, -0.1) is 0 Å². The molecule has 1 rings (SSSR count). The van der Waals surface area contributed by atoms with Crippen LogP contribution >= 0.6 is 0 Å². The average Bonchev–Trinajstić information content (AvgIpc) is 2.30. The van der Waals surface area contributed by atoms with Crippen LogP contribution in [0, 0.1) is 5.92 Å². The molecule has 104 valence electrons. The van der Waals surface area contributed by atoms with Gasteiger partial charge in [0.15, 0.2) is 0 Å². The van der Waals surface area contributed by atoms with Crippen molar-refractivity contribution in [1.29, 1.82) is 0 Å². The Morgan fingerprint density at radius 3 is 2.32 bits per heavy atom. The second-order valence-corrected chi connectivity index (χ2v) is 5.01. The van der Waals surface area contributed by atoms with Crippen molar-refractivity contribution in [1.82, 2.24) is 5.32 Å². The highest BCUT2D eigenvalue weighted by Gasteiger charge is 2.20. The molecule has 0 spiro atoms. The number of aliphatic carboxylic acids is 1. The highest BCUT2D eigenvalue weighted by molar-refractivity contribution is 5.84. The number of nitrogens with two attached hydrogens (primary N) is 1. The highest BCUT2D eigenvalue weighted by atomic mass is 16.4. The number of anilines is 1. The van der Waals surface area contributed by atoms with E-state index in [2.05, 4.69) is 5.32 Å². The van der Waals surface area contributed by atoms with Crippen LogP contribution in [0.15, 0.2) is 24.3 Å². The van der Waals surface area contributed by atoms with Gasteiger partial charge in [-0.3, -0.25) is 4.79 Å². The van der Waals surface area contributed by atoms with E-state index in [1.54, 1.807) is 24.3 Å². The predicted molar refractivity (Wildman–Crippen MR) is 73.6 cm³/mol. The zero-order valence-electron chi connectivity index (χ0n) is 11.2. The van der Waals surface area contributed by atoms with E-state index in [1.807, 2.05) is 13.8 Å². The summed E-state index contributed by atoms with van der Waals surface area (Å²) in [6.07, 6.45) is 0.574. The Morgan fingerprint density at radius 2 is 1.84 bits per heavy atom. The Kier molecular flexibility index (Phi) is 5.36. The van der Waals surface area contributed by atoms with Gasteiger partial charge in [0.25, 0.3) is 0 Å². The Labute approximate surface area is 112 Å². The lowest BCUT2D eigenvalue weighted by Gasteiger charge is -2.16. The molecule has 5 nitrogen and oxygen atoms in total. The Bertz CT molecular complexity index is 441. The second-order valence-electron chi connectivity index (χ2n) is 5.01. The number of carbonyl (C=O) groups is 2. The van der Waals surface area contributed by atoms with Crippen LogP contribution in [0.5, 0.6) is 0 Å². The van der Waals surface area contributed by atoms with Gasteiger partial charge < -0.3 is 16.2 Å². The number of hydrogen-bond acceptors (Lipinski definition) is 3. The molecule has 4 N–H and O–H groups in total. The van der Waals surface area contributed by atoms with E-state index >= 15 is 0 Å². The van der Waals surface area contributed by atoms with Gasteiger partial charge in [0.2, 0.25) is 5.91 Å². The minimum absolute atomic E-state index is 0.155. The van der Waals surface area contributed by atoms with E-state index in [1.165, 1.54) is 0 Å². The summed E-state index contributed by atoms with van der Waals surface area (Å²) in [7, 11) is 0. The summed E-state index contributed by atoms with van der Waals surface area (Å²) < 4.78 is 0. The fourth-order valence-corrected chi connectivity index (χ4v) is 1.76. The first-order chi connectivity index (χ1) is 8.88. The third-order valence-electron chi connectivity index (χ3n) is 2.68. The van der Waals surface area contributed by atoms with E-state index in [0.29, 0.717) is 12.1 Å². The Hall–Kier alpha value is -2.04. The monoisotopic (exact) mass is 264 g/mol. The molecule has 0 radical (unpaired) electrons. The summed E-state index contributed by atoms with van der Waals surface area (Å²) in [4.78, 5) is 22.8. The molecular weight excluding hydrogens is 244 g/mol. The maximum absolute atomic E-state index is 11.8. The van der Waals surface area contributed by atoms with Crippen molar-refractivity contribution in [3.8, 4) is 0 Å². The highest BCUT2D eigenvalue weighted by Crippen LogP contribution is 2.08. The molecule has 5 heteroatoms. The van der Waals surface area contributed by atoms with Crippen molar-refractivity contribution < 1.29 is 14.7 Å². The average molecular weight is 264 g/mol. The van der Waals surface area contributed by atoms with Gasteiger partial charge >= 0.3 is 5.97 Å². The molecule has 0 bridgehead atoms. The lowest BCUT2D eigenvalue weighted by Crippen LogP contribution is -2.42. The summed E-state index contributed by atoms with van der Waals surface area (Å²) in [5.74, 6) is -1.09. The number of nitrogens with one attached hydrogen (secondary N) is 1. The van der Waals surface area contributed by atoms with Gasteiger partial charge in [0, 0.05) is 5.69 Å². The molecule has 0 fully saturated rings. The molecule has 0 heterocycles. The first-order valence-electron chi connectivity index (χ1n) is 6.25. The van der Waals surface area contributed by atoms with Gasteiger partial charge in [-0.2, -0.15) is 0 Å². The number of carbonyl (C=O) groups excluding carboxylic acids is 1. The number of nitrogen functional groups attached to an aromatic ring is 1. The van der Waals surface area contributed by atoms with Crippen LogP contribution in [0.25, 0.3) is 0 Å². The number of hydrogen-bond donors (Lipinski definition) is 3. The molecule has 1 amide bonds. The van der Waals surface area contributed by atoms with Crippen molar-refractivity contribution in [2.24, 2.45) is 5.92 Å². The van der Waals surface area contributed by atoms with Crippen LogP contribution in [0.1, 0.15) is 25.8 Å². The number of rotatable bonds is 6. The number of benzene rings is 1. The number of amides is 1. The van der Waals surface area contributed by atoms with Crippen LogP contribution in [-0.2, 0) is 16.0 Å². The van der Waals surface area contributed by atoms with Crippen molar-refractivity contribution in [3.05, 3.63) is 29.8 Å². The van der Waals surface area contributed by atoms with E-state index in [0.717, 1.165) is 5.56 Å². The maximum atomic E-state index is 11.8. The third kappa shape index (κ3) is 5.42. The van der Waals surface area contributed by atoms with Crippen molar-refractivity contribution in [2.45, 2.75) is 32.7 Å². The normalized spacial score (nSPS) is 12.2. The second kappa shape index (κ2) is 6.78. The lowest BCUT2D eigenvalue weighted by molar-refractivity contribution is -0.142. The van der Waals surface area contributed by atoms with Gasteiger partial charge in [-0.1, -0.05) is 26.0 Å².